The number of rotatable bonds is 17. The van der Waals surface area contributed by atoms with Gasteiger partial charge in [0, 0.05) is 0 Å². The first-order valence-corrected chi connectivity index (χ1v) is 12.1. The molecule has 0 amide bonds. The second-order valence-corrected chi connectivity index (χ2v) is 9.48. The molecule has 3 atom stereocenters. The SMILES string of the molecule is C=CCCCCCCC[C@H](C)CC(C[C@H](C)CCCC)OS(C)(=O)=O. The Balaban J connectivity index is 4.17. The summed E-state index contributed by atoms with van der Waals surface area (Å²) in [6.45, 7) is 10.4. The van der Waals surface area contributed by atoms with Gasteiger partial charge in [-0.2, -0.15) is 8.42 Å². The molecular weight excluding hydrogens is 332 g/mol. The average molecular weight is 375 g/mol. The molecule has 150 valence electrons. The molecule has 0 radical (unpaired) electrons. The van der Waals surface area contributed by atoms with Crippen molar-refractivity contribution in [2.75, 3.05) is 6.26 Å². The van der Waals surface area contributed by atoms with E-state index in [0.29, 0.717) is 11.8 Å². The zero-order valence-electron chi connectivity index (χ0n) is 17.1. The van der Waals surface area contributed by atoms with Crippen molar-refractivity contribution in [3.8, 4) is 0 Å². The number of hydrogen-bond acceptors (Lipinski definition) is 3. The van der Waals surface area contributed by atoms with Crippen LogP contribution in [0, 0.1) is 11.8 Å². The first-order valence-electron chi connectivity index (χ1n) is 10.3. The maximum absolute atomic E-state index is 11.6. The second-order valence-electron chi connectivity index (χ2n) is 7.88. The molecule has 0 aliphatic rings. The first-order chi connectivity index (χ1) is 11.8. The third-order valence-electron chi connectivity index (χ3n) is 4.80. The molecule has 4 heteroatoms. The smallest absolute Gasteiger partial charge is 0.264 e. The summed E-state index contributed by atoms with van der Waals surface area (Å²) in [6.07, 6.45) is 16.8. The summed E-state index contributed by atoms with van der Waals surface area (Å²) in [5.74, 6) is 1.03. The van der Waals surface area contributed by atoms with Crippen molar-refractivity contribution in [1.82, 2.24) is 0 Å². The highest BCUT2D eigenvalue weighted by atomic mass is 32.2. The molecule has 1 unspecified atom stereocenters. The third kappa shape index (κ3) is 16.8. The van der Waals surface area contributed by atoms with Gasteiger partial charge in [-0.1, -0.05) is 78.2 Å². The fourth-order valence-electron chi connectivity index (χ4n) is 3.42. The minimum atomic E-state index is -3.38. The molecular formula is C21H42O3S. The Kier molecular flexibility index (Phi) is 14.6. The molecule has 0 aliphatic heterocycles. The molecule has 0 N–H and O–H groups in total. The predicted octanol–water partition coefficient (Wildman–Crippen LogP) is 6.49. The molecule has 3 nitrogen and oxygen atoms in total. The topological polar surface area (TPSA) is 43.4 Å². The normalized spacial score (nSPS) is 15.7. The minimum Gasteiger partial charge on any atom is -0.267 e. The molecule has 25 heavy (non-hydrogen) atoms. The van der Waals surface area contributed by atoms with Gasteiger partial charge in [0.05, 0.1) is 12.4 Å². The van der Waals surface area contributed by atoms with Crippen molar-refractivity contribution < 1.29 is 12.6 Å². The number of unbranched alkanes of at least 4 members (excludes halogenated alkanes) is 6. The molecule has 0 fully saturated rings. The number of hydrogen-bond donors (Lipinski definition) is 0. The van der Waals surface area contributed by atoms with Gasteiger partial charge >= 0.3 is 0 Å². The molecule has 0 heterocycles. The molecule has 0 bridgehead atoms. The Bertz CT molecular complexity index is 417. The maximum Gasteiger partial charge on any atom is 0.264 e. The molecule has 0 saturated heterocycles. The molecule has 0 rings (SSSR count). The van der Waals surface area contributed by atoms with E-state index in [4.69, 9.17) is 4.18 Å². The van der Waals surface area contributed by atoms with E-state index in [1.807, 2.05) is 6.08 Å². The largest absolute Gasteiger partial charge is 0.267 e. The minimum absolute atomic E-state index is 0.163. The predicted molar refractivity (Wildman–Crippen MR) is 109 cm³/mol. The van der Waals surface area contributed by atoms with Crippen LogP contribution >= 0.6 is 0 Å². The fraction of sp³-hybridized carbons (Fsp3) is 0.905. The zero-order valence-corrected chi connectivity index (χ0v) is 18.0. The van der Waals surface area contributed by atoms with Gasteiger partial charge in [0.2, 0.25) is 0 Å². The van der Waals surface area contributed by atoms with E-state index < -0.39 is 10.1 Å². The van der Waals surface area contributed by atoms with E-state index in [9.17, 15) is 8.42 Å². The summed E-state index contributed by atoms with van der Waals surface area (Å²) < 4.78 is 28.5. The lowest BCUT2D eigenvalue weighted by Crippen LogP contribution is -2.23. The number of allylic oxidation sites excluding steroid dienone is 1. The van der Waals surface area contributed by atoms with E-state index in [1.165, 1.54) is 51.2 Å². The van der Waals surface area contributed by atoms with Crippen LogP contribution in [0.3, 0.4) is 0 Å². The first kappa shape index (κ1) is 24.7. The van der Waals surface area contributed by atoms with Gasteiger partial charge in [0.1, 0.15) is 0 Å². The highest BCUT2D eigenvalue weighted by Gasteiger charge is 2.21. The van der Waals surface area contributed by atoms with Crippen molar-refractivity contribution >= 4 is 10.1 Å². The Morgan fingerprint density at radius 1 is 0.920 bits per heavy atom. The van der Waals surface area contributed by atoms with Crippen LogP contribution in [-0.2, 0) is 14.3 Å². The summed E-state index contributed by atoms with van der Waals surface area (Å²) in [7, 11) is -3.38. The zero-order chi connectivity index (χ0) is 19.1. The van der Waals surface area contributed by atoms with Crippen LogP contribution in [-0.4, -0.2) is 20.8 Å². The molecule has 0 aromatic carbocycles. The Hall–Kier alpha value is -0.350. The van der Waals surface area contributed by atoms with Gasteiger partial charge in [-0.25, -0.2) is 0 Å². The van der Waals surface area contributed by atoms with Crippen LogP contribution in [0.15, 0.2) is 12.7 Å². The lowest BCUT2D eigenvalue weighted by atomic mass is 9.90. The molecule has 0 spiro atoms. The van der Waals surface area contributed by atoms with Gasteiger partial charge in [-0.3, -0.25) is 4.18 Å². The Labute approximate surface area is 157 Å². The van der Waals surface area contributed by atoms with Crippen LogP contribution in [0.1, 0.15) is 97.8 Å². The maximum atomic E-state index is 11.6. The highest BCUT2D eigenvalue weighted by molar-refractivity contribution is 7.86. The summed E-state index contributed by atoms with van der Waals surface area (Å²) in [4.78, 5) is 0. The van der Waals surface area contributed by atoms with Gasteiger partial charge in [0.25, 0.3) is 10.1 Å². The fourth-order valence-corrected chi connectivity index (χ4v) is 4.07. The van der Waals surface area contributed by atoms with Crippen molar-refractivity contribution in [3.63, 3.8) is 0 Å². The summed E-state index contributed by atoms with van der Waals surface area (Å²) in [6, 6.07) is 0. The molecule has 0 aromatic rings. The lowest BCUT2D eigenvalue weighted by molar-refractivity contribution is 0.146. The van der Waals surface area contributed by atoms with Crippen LogP contribution in [0.25, 0.3) is 0 Å². The van der Waals surface area contributed by atoms with E-state index >= 15 is 0 Å². The second kappa shape index (κ2) is 14.8. The van der Waals surface area contributed by atoms with E-state index in [-0.39, 0.29) is 6.10 Å². The summed E-state index contributed by atoms with van der Waals surface area (Å²) in [5.41, 5.74) is 0. The van der Waals surface area contributed by atoms with Crippen LogP contribution in [0.2, 0.25) is 0 Å². The van der Waals surface area contributed by atoms with Crippen molar-refractivity contribution in [2.24, 2.45) is 11.8 Å². The highest BCUT2D eigenvalue weighted by Crippen LogP contribution is 2.24. The summed E-state index contributed by atoms with van der Waals surface area (Å²) >= 11 is 0. The van der Waals surface area contributed by atoms with Gasteiger partial charge < -0.3 is 0 Å². The van der Waals surface area contributed by atoms with Crippen molar-refractivity contribution in [1.29, 1.82) is 0 Å². The van der Waals surface area contributed by atoms with Crippen LogP contribution in [0.5, 0.6) is 0 Å². The van der Waals surface area contributed by atoms with E-state index in [2.05, 4.69) is 27.4 Å². The monoisotopic (exact) mass is 374 g/mol. The van der Waals surface area contributed by atoms with Crippen molar-refractivity contribution in [3.05, 3.63) is 12.7 Å². The van der Waals surface area contributed by atoms with Crippen LogP contribution in [0.4, 0.5) is 0 Å². The Morgan fingerprint density at radius 3 is 1.96 bits per heavy atom. The third-order valence-corrected chi connectivity index (χ3v) is 5.42. The lowest BCUT2D eigenvalue weighted by Gasteiger charge is -2.23. The Morgan fingerprint density at radius 2 is 1.44 bits per heavy atom. The molecule has 0 saturated carbocycles. The van der Waals surface area contributed by atoms with Gasteiger partial charge in [-0.15, -0.1) is 6.58 Å². The van der Waals surface area contributed by atoms with Crippen molar-refractivity contribution in [2.45, 2.75) is 104 Å². The summed E-state index contributed by atoms with van der Waals surface area (Å²) in [5, 5.41) is 0. The van der Waals surface area contributed by atoms with E-state index in [0.717, 1.165) is 32.1 Å². The quantitative estimate of drug-likeness (QED) is 0.166. The average Bonchev–Trinajstić information content (AvgIpc) is 2.50. The van der Waals surface area contributed by atoms with Gasteiger partial charge in [0.15, 0.2) is 0 Å². The van der Waals surface area contributed by atoms with Crippen LogP contribution < -0.4 is 0 Å². The molecule has 0 aromatic heterocycles. The molecule has 0 aliphatic carbocycles. The standard InChI is InChI=1S/C21H42O3S/c1-6-8-10-11-12-13-14-16-20(4)18-21(24-25(5,22)23)17-19(3)15-9-7-2/h6,19-21H,1,7-18H2,2-5H3/t19-,20+,21?/m1/s1. The van der Waals surface area contributed by atoms with E-state index in [1.54, 1.807) is 0 Å². The van der Waals surface area contributed by atoms with Gasteiger partial charge in [-0.05, 0) is 37.5 Å².